The van der Waals surface area contributed by atoms with Gasteiger partial charge < -0.3 is 9.64 Å². The molecule has 0 atom stereocenters. The molecule has 2 aromatic rings. The number of aryl methyl sites for hydroxylation is 1. The zero-order chi connectivity index (χ0) is 18.9. The van der Waals surface area contributed by atoms with Crippen molar-refractivity contribution < 1.29 is 9.30 Å². The number of anilines is 2. The fourth-order valence-electron chi connectivity index (χ4n) is 4.33. The summed E-state index contributed by atoms with van der Waals surface area (Å²) >= 11 is 0. The number of rotatable bonds is 9. The maximum absolute atomic E-state index is 5.64. The van der Waals surface area contributed by atoms with E-state index in [1.54, 1.807) is 7.11 Å². The fraction of sp³-hybridized carbons (Fsp3) is 0.542. The minimum Gasteiger partial charge on any atom is -0.495 e. The third-order valence-corrected chi connectivity index (χ3v) is 5.83. The molecule has 1 saturated carbocycles. The van der Waals surface area contributed by atoms with Crippen LogP contribution in [0.1, 0.15) is 57.8 Å². The SMILES string of the molecule is COc1ccccc1N(CCCCCC1CCCCC1)c1ccc[n+](C)c1. The molecule has 1 aromatic heterocycles. The van der Waals surface area contributed by atoms with E-state index in [4.69, 9.17) is 4.74 Å². The number of hydrogen-bond donors (Lipinski definition) is 0. The summed E-state index contributed by atoms with van der Waals surface area (Å²) < 4.78 is 7.75. The summed E-state index contributed by atoms with van der Waals surface area (Å²) in [5.41, 5.74) is 2.37. The molecule has 146 valence electrons. The van der Waals surface area contributed by atoms with Crippen molar-refractivity contribution in [2.24, 2.45) is 13.0 Å². The molecule has 3 nitrogen and oxygen atoms in total. The molecule has 1 fully saturated rings. The highest BCUT2D eigenvalue weighted by molar-refractivity contribution is 5.68. The molecule has 1 aliphatic rings. The van der Waals surface area contributed by atoms with Crippen LogP contribution in [0.15, 0.2) is 48.8 Å². The number of unbranched alkanes of at least 4 members (excludes halogenated alkanes) is 2. The predicted molar refractivity (Wildman–Crippen MR) is 113 cm³/mol. The number of nitrogens with zero attached hydrogens (tertiary/aromatic N) is 2. The molecule has 0 unspecified atom stereocenters. The van der Waals surface area contributed by atoms with E-state index in [1.165, 1.54) is 63.5 Å². The van der Waals surface area contributed by atoms with Gasteiger partial charge >= 0.3 is 0 Å². The summed E-state index contributed by atoms with van der Waals surface area (Å²) in [4.78, 5) is 2.40. The van der Waals surface area contributed by atoms with Crippen molar-refractivity contribution in [2.45, 2.75) is 57.8 Å². The van der Waals surface area contributed by atoms with Crippen LogP contribution in [0, 0.1) is 5.92 Å². The molecule has 27 heavy (non-hydrogen) atoms. The maximum atomic E-state index is 5.64. The zero-order valence-electron chi connectivity index (χ0n) is 17.1. The number of aromatic nitrogens is 1. The normalized spacial score (nSPS) is 14.9. The van der Waals surface area contributed by atoms with E-state index < -0.39 is 0 Å². The molecule has 3 rings (SSSR count). The van der Waals surface area contributed by atoms with Crippen LogP contribution in [-0.2, 0) is 7.05 Å². The molecule has 3 heteroatoms. The molecule has 0 radical (unpaired) electrons. The van der Waals surface area contributed by atoms with Gasteiger partial charge in [0.1, 0.15) is 18.5 Å². The lowest BCUT2D eigenvalue weighted by molar-refractivity contribution is -0.670. The molecule has 0 amide bonds. The lowest BCUT2D eigenvalue weighted by atomic mass is 9.85. The van der Waals surface area contributed by atoms with Gasteiger partial charge in [-0.25, -0.2) is 4.57 Å². The highest BCUT2D eigenvalue weighted by atomic mass is 16.5. The lowest BCUT2D eigenvalue weighted by Crippen LogP contribution is -2.29. The van der Waals surface area contributed by atoms with E-state index >= 15 is 0 Å². The molecule has 0 aliphatic heterocycles. The summed E-state index contributed by atoms with van der Waals surface area (Å²) in [7, 11) is 3.83. The van der Waals surface area contributed by atoms with Crippen molar-refractivity contribution >= 4 is 11.4 Å². The topological polar surface area (TPSA) is 16.4 Å². The van der Waals surface area contributed by atoms with Gasteiger partial charge in [0.15, 0.2) is 12.4 Å². The van der Waals surface area contributed by atoms with Gasteiger partial charge in [0.05, 0.1) is 12.8 Å². The van der Waals surface area contributed by atoms with Crippen LogP contribution >= 0.6 is 0 Å². The number of benzene rings is 1. The van der Waals surface area contributed by atoms with Crippen LogP contribution in [0.25, 0.3) is 0 Å². The molecule has 0 saturated heterocycles. The summed E-state index contributed by atoms with van der Waals surface area (Å²) in [5.74, 6) is 1.93. The molecule has 1 aromatic carbocycles. The second kappa shape index (κ2) is 10.3. The highest BCUT2D eigenvalue weighted by Gasteiger charge is 2.16. The van der Waals surface area contributed by atoms with Crippen molar-refractivity contribution in [3.63, 3.8) is 0 Å². The van der Waals surface area contributed by atoms with E-state index in [0.717, 1.165) is 23.9 Å². The Bertz CT molecular complexity index is 694. The van der Waals surface area contributed by atoms with Crippen molar-refractivity contribution in [3.05, 3.63) is 48.8 Å². The molecular weight excluding hydrogens is 332 g/mol. The van der Waals surface area contributed by atoms with Crippen LogP contribution in [0.2, 0.25) is 0 Å². The molecule has 1 aliphatic carbocycles. The number of hydrogen-bond acceptors (Lipinski definition) is 2. The Kier molecular flexibility index (Phi) is 7.55. The van der Waals surface area contributed by atoms with Crippen LogP contribution < -0.4 is 14.2 Å². The van der Waals surface area contributed by atoms with Gasteiger partial charge in [-0.2, -0.15) is 0 Å². The van der Waals surface area contributed by atoms with Gasteiger partial charge in [-0.1, -0.05) is 63.5 Å². The predicted octanol–water partition coefficient (Wildman–Crippen LogP) is 5.80. The Labute approximate surface area is 165 Å². The Hall–Kier alpha value is -2.03. The van der Waals surface area contributed by atoms with E-state index in [2.05, 4.69) is 53.2 Å². The van der Waals surface area contributed by atoms with Crippen LogP contribution in [0.3, 0.4) is 0 Å². The minimum absolute atomic E-state index is 0.936. The monoisotopic (exact) mass is 367 g/mol. The minimum atomic E-state index is 0.936. The van der Waals surface area contributed by atoms with Crippen LogP contribution in [0.5, 0.6) is 5.75 Å². The average molecular weight is 368 g/mol. The summed E-state index contributed by atoms with van der Waals surface area (Å²) in [6.07, 6.45) is 16.9. The molecule has 1 heterocycles. The third-order valence-electron chi connectivity index (χ3n) is 5.83. The van der Waals surface area contributed by atoms with Gasteiger partial charge in [0.2, 0.25) is 0 Å². The van der Waals surface area contributed by atoms with Gasteiger partial charge in [-0.3, -0.25) is 0 Å². The Morgan fingerprint density at radius 3 is 2.59 bits per heavy atom. The quantitative estimate of drug-likeness (QED) is 0.411. The zero-order valence-corrected chi connectivity index (χ0v) is 17.1. The first-order valence-electron chi connectivity index (χ1n) is 10.6. The van der Waals surface area contributed by atoms with Crippen molar-refractivity contribution in [1.29, 1.82) is 0 Å². The summed E-state index contributed by atoms with van der Waals surface area (Å²) in [5, 5.41) is 0. The summed E-state index contributed by atoms with van der Waals surface area (Å²) in [6, 6.07) is 12.6. The Morgan fingerprint density at radius 2 is 1.81 bits per heavy atom. The van der Waals surface area contributed by atoms with Gasteiger partial charge in [-0.15, -0.1) is 0 Å². The van der Waals surface area contributed by atoms with E-state index in [9.17, 15) is 0 Å². The second-order valence-electron chi connectivity index (χ2n) is 7.90. The highest BCUT2D eigenvalue weighted by Crippen LogP contribution is 2.33. The van der Waals surface area contributed by atoms with Crippen LogP contribution in [-0.4, -0.2) is 13.7 Å². The Balaban J connectivity index is 1.62. The molecule has 0 N–H and O–H groups in total. The lowest BCUT2D eigenvalue weighted by Gasteiger charge is -2.26. The van der Waals surface area contributed by atoms with Crippen LogP contribution in [0.4, 0.5) is 11.4 Å². The first kappa shape index (κ1) is 19.7. The number of pyridine rings is 1. The fourth-order valence-corrected chi connectivity index (χ4v) is 4.33. The van der Waals surface area contributed by atoms with Gasteiger partial charge in [0, 0.05) is 12.6 Å². The molecule has 0 bridgehead atoms. The number of para-hydroxylation sites is 2. The first-order chi connectivity index (χ1) is 13.3. The second-order valence-corrected chi connectivity index (χ2v) is 7.90. The average Bonchev–Trinajstić information content (AvgIpc) is 2.71. The van der Waals surface area contributed by atoms with E-state index in [-0.39, 0.29) is 0 Å². The van der Waals surface area contributed by atoms with Crippen molar-refractivity contribution in [3.8, 4) is 5.75 Å². The first-order valence-corrected chi connectivity index (χ1v) is 10.6. The van der Waals surface area contributed by atoms with Crippen molar-refractivity contribution in [1.82, 2.24) is 0 Å². The molecular formula is C24H35N2O+. The largest absolute Gasteiger partial charge is 0.495 e. The standard InChI is InChI=1S/C24H35N2O/c1-25-18-11-15-22(20-25)26(23-16-8-9-17-24(23)27-2)19-10-4-7-14-21-12-5-3-6-13-21/h8-9,11,15-18,20-21H,3-7,10,12-14,19H2,1-2H3/q+1. The van der Waals surface area contributed by atoms with Gasteiger partial charge in [0.25, 0.3) is 0 Å². The smallest absolute Gasteiger partial charge is 0.192 e. The number of ether oxygens (including phenoxy) is 1. The van der Waals surface area contributed by atoms with E-state index in [1.807, 2.05) is 12.1 Å². The molecule has 0 spiro atoms. The summed E-state index contributed by atoms with van der Waals surface area (Å²) in [6.45, 7) is 1.02. The third kappa shape index (κ3) is 5.72. The maximum Gasteiger partial charge on any atom is 0.192 e. The van der Waals surface area contributed by atoms with E-state index in [0.29, 0.717) is 0 Å². The van der Waals surface area contributed by atoms with Gasteiger partial charge in [-0.05, 0) is 30.5 Å². The van der Waals surface area contributed by atoms with Crippen molar-refractivity contribution in [2.75, 3.05) is 18.6 Å². The number of methoxy groups -OCH3 is 1. The Morgan fingerprint density at radius 1 is 1.00 bits per heavy atom.